The molecule has 222 valence electrons. The van der Waals surface area contributed by atoms with Gasteiger partial charge in [-0.05, 0) is 53.4 Å². The number of aliphatic carboxylic acids is 3. The van der Waals surface area contributed by atoms with Crippen molar-refractivity contribution in [1.82, 2.24) is 0 Å². The molecule has 0 aliphatic carbocycles. The molecule has 0 radical (unpaired) electrons. The second-order valence-electron chi connectivity index (χ2n) is 11.1. The van der Waals surface area contributed by atoms with E-state index in [4.69, 9.17) is 0 Å². The Kier molecular flexibility index (Phi) is 20.9. The fourth-order valence-electron chi connectivity index (χ4n) is 5.66. The first-order chi connectivity index (χ1) is 18.1. The molecule has 0 bridgehead atoms. The highest BCUT2D eigenvalue weighted by Crippen LogP contribution is 2.27. The summed E-state index contributed by atoms with van der Waals surface area (Å²) in [6.07, 6.45) is 26.3. The van der Waals surface area contributed by atoms with Crippen molar-refractivity contribution < 1.29 is 34.2 Å². The predicted molar refractivity (Wildman–Crippen MR) is 152 cm³/mol. The summed E-state index contributed by atoms with van der Waals surface area (Å²) in [6.45, 7) is 6.43. The first-order valence-corrected chi connectivity index (χ1v) is 15.3. The Morgan fingerprint density at radius 1 is 0.605 bits per heavy atom. The lowest BCUT2D eigenvalue weighted by Crippen LogP contribution is -2.72. The zero-order valence-corrected chi connectivity index (χ0v) is 24.8. The van der Waals surface area contributed by atoms with E-state index in [1.807, 2.05) is 0 Å². The minimum Gasteiger partial charge on any atom is -0.544 e. The van der Waals surface area contributed by atoms with Crippen LogP contribution < -0.4 is 5.11 Å². The highest BCUT2D eigenvalue weighted by Gasteiger charge is 2.50. The second kappa shape index (κ2) is 22.0. The number of nitrogens with zero attached hydrogens (tertiary/aromatic N) is 1. The Bertz CT molecular complexity index is 627. The van der Waals surface area contributed by atoms with Gasteiger partial charge in [0.25, 0.3) is 0 Å². The minimum atomic E-state index is -1.42. The number of hydrogen-bond acceptors (Lipinski definition) is 4. The summed E-state index contributed by atoms with van der Waals surface area (Å²) >= 11 is 0. The van der Waals surface area contributed by atoms with Crippen molar-refractivity contribution in [2.75, 3.05) is 6.54 Å². The van der Waals surface area contributed by atoms with Gasteiger partial charge in [-0.15, -0.1) is 0 Å². The van der Waals surface area contributed by atoms with Gasteiger partial charge in [-0.3, -0.25) is 4.48 Å². The van der Waals surface area contributed by atoms with Gasteiger partial charge in [-0.1, -0.05) is 102 Å². The van der Waals surface area contributed by atoms with Crippen molar-refractivity contribution in [1.29, 1.82) is 0 Å². The Morgan fingerprint density at radius 2 is 0.921 bits per heavy atom. The summed E-state index contributed by atoms with van der Waals surface area (Å²) in [7, 11) is 0. The molecule has 0 aromatic rings. The quantitative estimate of drug-likeness (QED) is 0.0738. The molecule has 7 heteroatoms. The molecular formula is C31H57NO6. The fraction of sp³-hybridized carbons (Fsp3) is 0.839. The molecule has 0 fully saturated rings. The molecule has 2 N–H and O–H groups in total. The van der Waals surface area contributed by atoms with Crippen LogP contribution in [0.4, 0.5) is 0 Å². The van der Waals surface area contributed by atoms with Crippen LogP contribution in [0.15, 0.2) is 12.2 Å². The SMILES string of the molecule is C/C=C/CCCCCCCCCCCCCCCCCCC[N+](C(C)C(=O)[O-])(C(C)C(=O)O)C(C)C(=O)O. The average molecular weight is 540 g/mol. The molecule has 0 saturated heterocycles. The van der Waals surface area contributed by atoms with E-state index in [1.54, 1.807) is 0 Å². The standard InChI is InChI=1S/C31H57NO6/c1-5-6-7-8-9-10-11-12-13-14-15-16-17-18-19-20-21-22-23-24-25-32(26(2)29(33)34,27(3)30(35)36)28(4)31(37)38/h5-6,26-28H,7-25H2,1-4H3,(H2-,33,34,35,36,37,38)/b6-5+. The first kappa shape index (κ1) is 36.1. The third-order valence-electron chi connectivity index (χ3n) is 8.37. The molecule has 0 rings (SSSR count). The second-order valence-corrected chi connectivity index (χ2v) is 11.1. The number of quaternary nitrogens is 1. The Hall–Kier alpha value is -1.89. The summed E-state index contributed by atoms with van der Waals surface area (Å²) in [5, 5.41) is 30.9. The molecule has 0 aliphatic heterocycles. The van der Waals surface area contributed by atoms with Crippen LogP contribution in [0, 0.1) is 0 Å². The van der Waals surface area contributed by atoms with Gasteiger partial charge in [0.1, 0.15) is 6.04 Å². The molecule has 0 aromatic carbocycles. The molecular weight excluding hydrogens is 482 g/mol. The summed E-state index contributed by atoms with van der Waals surface area (Å²) in [6, 6.07) is -3.55. The number of hydrogen-bond donors (Lipinski definition) is 2. The van der Waals surface area contributed by atoms with Crippen LogP contribution in [0.1, 0.15) is 143 Å². The number of carboxylic acids is 3. The molecule has 38 heavy (non-hydrogen) atoms. The first-order valence-electron chi connectivity index (χ1n) is 15.3. The molecule has 0 aliphatic rings. The van der Waals surface area contributed by atoms with Crippen LogP contribution >= 0.6 is 0 Å². The molecule has 0 aromatic heterocycles. The minimum absolute atomic E-state index is 0.187. The summed E-state index contributed by atoms with van der Waals surface area (Å²) in [5.74, 6) is -3.81. The zero-order valence-electron chi connectivity index (χ0n) is 24.8. The topological polar surface area (TPSA) is 115 Å². The largest absolute Gasteiger partial charge is 0.544 e. The molecule has 0 spiro atoms. The Labute approximate surface area is 232 Å². The van der Waals surface area contributed by atoms with E-state index in [1.165, 1.54) is 111 Å². The van der Waals surface area contributed by atoms with Crippen LogP contribution in [0.5, 0.6) is 0 Å². The third-order valence-corrected chi connectivity index (χ3v) is 8.37. The van der Waals surface area contributed by atoms with Gasteiger partial charge < -0.3 is 20.1 Å². The Balaban J connectivity index is 4.04. The van der Waals surface area contributed by atoms with Crippen molar-refractivity contribution in [3.05, 3.63) is 12.2 Å². The van der Waals surface area contributed by atoms with E-state index >= 15 is 0 Å². The highest BCUT2D eigenvalue weighted by atomic mass is 16.4. The van der Waals surface area contributed by atoms with Crippen LogP contribution in [0.25, 0.3) is 0 Å². The van der Waals surface area contributed by atoms with Crippen molar-refractivity contribution >= 4 is 17.9 Å². The predicted octanol–water partition coefficient (Wildman–Crippen LogP) is 6.49. The Morgan fingerprint density at radius 3 is 1.21 bits per heavy atom. The van der Waals surface area contributed by atoms with Gasteiger partial charge in [0, 0.05) is 0 Å². The number of rotatable bonds is 26. The highest BCUT2D eigenvalue weighted by molar-refractivity contribution is 5.76. The van der Waals surface area contributed by atoms with E-state index in [0.29, 0.717) is 6.42 Å². The fourth-order valence-corrected chi connectivity index (χ4v) is 5.66. The van der Waals surface area contributed by atoms with E-state index in [2.05, 4.69) is 19.1 Å². The molecule has 0 saturated carbocycles. The molecule has 7 nitrogen and oxygen atoms in total. The van der Waals surface area contributed by atoms with Gasteiger partial charge in [0.2, 0.25) is 0 Å². The van der Waals surface area contributed by atoms with Crippen molar-refractivity contribution in [2.24, 2.45) is 0 Å². The maximum absolute atomic E-state index is 11.8. The number of unbranched alkanes of at least 4 members (excludes halogenated alkanes) is 17. The van der Waals surface area contributed by atoms with Crippen molar-refractivity contribution in [2.45, 2.75) is 161 Å². The lowest BCUT2D eigenvalue weighted by atomic mass is 9.99. The third kappa shape index (κ3) is 14.3. The van der Waals surface area contributed by atoms with Gasteiger partial charge in [0.15, 0.2) is 12.1 Å². The van der Waals surface area contributed by atoms with Crippen molar-refractivity contribution in [3.63, 3.8) is 0 Å². The van der Waals surface area contributed by atoms with Gasteiger partial charge in [-0.25, -0.2) is 9.59 Å². The number of allylic oxidation sites excluding steroid dienone is 2. The average Bonchev–Trinajstić information content (AvgIpc) is 2.88. The van der Waals surface area contributed by atoms with Gasteiger partial charge in [-0.2, -0.15) is 0 Å². The van der Waals surface area contributed by atoms with Crippen LogP contribution in [0.3, 0.4) is 0 Å². The summed E-state index contributed by atoms with van der Waals surface area (Å²) in [4.78, 5) is 35.3. The van der Waals surface area contributed by atoms with E-state index < -0.39 is 40.5 Å². The van der Waals surface area contributed by atoms with Crippen LogP contribution in [-0.2, 0) is 14.4 Å². The van der Waals surface area contributed by atoms with Gasteiger partial charge >= 0.3 is 11.9 Å². The summed E-state index contributed by atoms with van der Waals surface area (Å²) < 4.78 is -0.538. The van der Waals surface area contributed by atoms with Gasteiger partial charge in [0.05, 0.1) is 12.5 Å². The smallest absolute Gasteiger partial charge is 0.362 e. The molecule has 3 unspecified atom stereocenters. The zero-order chi connectivity index (χ0) is 28.8. The van der Waals surface area contributed by atoms with Crippen LogP contribution in [0.2, 0.25) is 0 Å². The maximum Gasteiger partial charge on any atom is 0.362 e. The molecule has 0 amide bonds. The molecule has 3 atom stereocenters. The maximum atomic E-state index is 11.8. The molecule has 0 heterocycles. The number of carboxylic acid groups (broad SMARTS) is 3. The van der Waals surface area contributed by atoms with Crippen LogP contribution in [-0.4, -0.2) is 57.3 Å². The number of carbonyl (C=O) groups excluding carboxylic acids is 1. The summed E-state index contributed by atoms with van der Waals surface area (Å²) in [5.41, 5.74) is 0. The van der Waals surface area contributed by atoms with E-state index in [-0.39, 0.29) is 6.54 Å². The lowest BCUT2D eigenvalue weighted by Gasteiger charge is -2.49. The lowest BCUT2D eigenvalue weighted by molar-refractivity contribution is -0.969. The normalized spacial score (nSPS) is 15.7. The van der Waals surface area contributed by atoms with E-state index in [9.17, 15) is 29.7 Å². The van der Waals surface area contributed by atoms with Crippen molar-refractivity contribution in [3.8, 4) is 0 Å². The number of carbonyl (C=O) groups is 3. The van der Waals surface area contributed by atoms with E-state index in [0.717, 1.165) is 19.3 Å². The monoisotopic (exact) mass is 539 g/mol.